The Morgan fingerprint density at radius 1 is 1.30 bits per heavy atom. The molecule has 1 aliphatic heterocycles. The molecule has 0 aromatic rings. The van der Waals surface area contributed by atoms with Gasteiger partial charge in [-0.25, -0.2) is 4.79 Å². The number of hydrogen-bond acceptors (Lipinski definition) is 3. The number of nitrogens with one attached hydrogen (secondary N) is 2. The van der Waals surface area contributed by atoms with Gasteiger partial charge in [-0.15, -0.1) is 0 Å². The second-order valence-corrected chi connectivity index (χ2v) is 4.48. The lowest BCUT2D eigenvalue weighted by molar-refractivity contribution is -0.140. The smallest absolute Gasteiger partial charge is 0.345 e. The van der Waals surface area contributed by atoms with E-state index in [4.69, 9.17) is 0 Å². The molecule has 0 unspecified atom stereocenters. The topological polar surface area (TPSA) is 78.5 Å². The van der Waals surface area contributed by atoms with Gasteiger partial charge in [0.1, 0.15) is 18.6 Å². The van der Waals surface area contributed by atoms with Crippen LogP contribution in [0.1, 0.15) is 26.7 Å². The van der Waals surface area contributed by atoms with Gasteiger partial charge in [-0.1, -0.05) is 13.8 Å². The first kappa shape index (κ1) is 16.3. The van der Waals surface area contributed by atoms with E-state index in [1.165, 1.54) is 0 Å². The minimum absolute atomic E-state index is 0.271. The third kappa shape index (κ3) is 3.20. The van der Waals surface area contributed by atoms with Crippen LogP contribution in [0.4, 0.5) is 18.0 Å². The zero-order chi connectivity index (χ0) is 15.6. The molecular weight excluding hydrogens is 279 g/mol. The Morgan fingerprint density at radius 3 is 2.30 bits per heavy atom. The van der Waals surface area contributed by atoms with Crippen LogP contribution >= 0.6 is 0 Å². The molecule has 1 rings (SSSR count). The normalized spacial score (nSPS) is 18.1. The fourth-order valence-corrected chi connectivity index (χ4v) is 2.17. The highest BCUT2D eigenvalue weighted by Gasteiger charge is 2.50. The van der Waals surface area contributed by atoms with Gasteiger partial charge in [0.05, 0.1) is 0 Å². The van der Waals surface area contributed by atoms with Gasteiger partial charge in [-0.05, 0) is 12.8 Å². The number of carbonyl (C=O) groups is 3. The van der Waals surface area contributed by atoms with E-state index in [2.05, 4.69) is 5.32 Å². The zero-order valence-corrected chi connectivity index (χ0v) is 11.1. The zero-order valence-electron chi connectivity index (χ0n) is 11.1. The van der Waals surface area contributed by atoms with Crippen LogP contribution in [0.5, 0.6) is 0 Å². The molecule has 1 fully saturated rings. The van der Waals surface area contributed by atoms with Crippen LogP contribution in [0.25, 0.3) is 0 Å². The van der Waals surface area contributed by atoms with E-state index in [0.717, 1.165) is 4.90 Å². The molecule has 1 heterocycles. The number of alkyl halides is 3. The lowest BCUT2D eigenvalue weighted by Crippen LogP contribution is -2.52. The summed E-state index contributed by atoms with van der Waals surface area (Å²) >= 11 is 0. The molecule has 0 spiro atoms. The van der Waals surface area contributed by atoms with Crippen molar-refractivity contribution in [2.24, 2.45) is 0 Å². The average molecular weight is 295 g/mol. The first-order valence-electron chi connectivity index (χ1n) is 6.12. The molecule has 0 radical (unpaired) electrons. The molecule has 6 nitrogen and oxygen atoms in total. The molecule has 0 aromatic carbocycles. The van der Waals surface area contributed by atoms with Crippen molar-refractivity contribution >= 4 is 17.8 Å². The summed E-state index contributed by atoms with van der Waals surface area (Å²) < 4.78 is 36.0. The number of rotatable bonds is 5. The maximum absolute atomic E-state index is 12.0. The average Bonchev–Trinajstić information content (AvgIpc) is 2.58. The van der Waals surface area contributed by atoms with Crippen molar-refractivity contribution < 1.29 is 27.6 Å². The number of amides is 4. The maximum atomic E-state index is 12.0. The third-order valence-corrected chi connectivity index (χ3v) is 3.36. The number of nitrogens with zero attached hydrogens (tertiary/aromatic N) is 1. The van der Waals surface area contributed by atoms with Crippen LogP contribution in [-0.4, -0.2) is 47.6 Å². The highest BCUT2D eigenvalue weighted by molar-refractivity contribution is 6.08. The molecule has 0 bridgehead atoms. The second kappa shape index (κ2) is 5.68. The van der Waals surface area contributed by atoms with Crippen LogP contribution in [0.3, 0.4) is 0 Å². The second-order valence-electron chi connectivity index (χ2n) is 4.48. The molecule has 9 heteroatoms. The van der Waals surface area contributed by atoms with Crippen LogP contribution in [-0.2, 0) is 9.59 Å². The van der Waals surface area contributed by atoms with Crippen molar-refractivity contribution in [3.8, 4) is 0 Å². The SMILES string of the molecule is CCC1(CC)C(=O)NC(=O)N1CC(=O)NCC(F)(F)F. The molecule has 2 N–H and O–H groups in total. The molecule has 20 heavy (non-hydrogen) atoms. The minimum atomic E-state index is -4.52. The monoisotopic (exact) mass is 295 g/mol. The Kier molecular flexibility index (Phi) is 4.61. The summed E-state index contributed by atoms with van der Waals surface area (Å²) in [6.45, 7) is 1.28. The standard InChI is InChI=1S/C11H16F3N3O3/c1-3-10(4-2)8(19)16-9(20)17(10)5-7(18)15-6-11(12,13)14/h3-6H2,1-2H3,(H,15,18)(H,16,19,20). The predicted molar refractivity (Wildman–Crippen MR) is 62.6 cm³/mol. The molecule has 4 amide bonds. The van der Waals surface area contributed by atoms with Crippen molar-refractivity contribution in [2.75, 3.05) is 13.1 Å². The van der Waals surface area contributed by atoms with E-state index < -0.39 is 42.7 Å². The summed E-state index contributed by atoms with van der Waals surface area (Å²) in [4.78, 5) is 35.9. The van der Waals surface area contributed by atoms with Crippen molar-refractivity contribution in [1.82, 2.24) is 15.5 Å². The quantitative estimate of drug-likeness (QED) is 0.736. The largest absolute Gasteiger partial charge is 0.405 e. The first-order chi connectivity index (χ1) is 9.16. The van der Waals surface area contributed by atoms with Gasteiger partial charge in [0.2, 0.25) is 5.91 Å². The van der Waals surface area contributed by atoms with Gasteiger partial charge in [0.25, 0.3) is 5.91 Å². The summed E-state index contributed by atoms with van der Waals surface area (Å²) in [6, 6.07) is -0.763. The molecule has 1 aliphatic rings. The highest BCUT2D eigenvalue weighted by atomic mass is 19.4. The molecular formula is C11H16F3N3O3. The fourth-order valence-electron chi connectivity index (χ4n) is 2.17. The van der Waals surface area contributed by atoms with Gasteiger partial charge < -0.3 is 10.2 Å². The molecule has 1 saturated heterocycles. The van der Waals surface area contributed by atoms with E-state index >= 15 is 0 Å². The molecule has 0 saturated carbocycles. The van der Waals surface area contributed by atoms with Crippen LogP contribution in [0.15, 0.2) is 0 Å². The summed E-state index contributed by atoms with van der Waals surface area (Å²) in [5.74, 6) is -1.49. The van der Waals surface area contributed by atoms with E-state index in [1.807, 2.05) is 0 Å². The number of carbonyl (C=O) groups excluding carboxylic acids is 3. The van der Waals surface area contributed by atoms with Gasteiger partial charge in [0.15, 0.2) is 0 Å². The summed E-state index contributed by atoms with van der Waals surface area (Å²) in [7, 11) is 0. The maximum Gasteiger partial charge on any atom is 0.405 e. The van der Waals surface area contributed by atoms with Crippen molar-refractivity contribution in [1.29, 1.82) is 0 Å². The highest BCUT2D eigenvalue weighted by Crippen LogP contribution is 2.28. The first-order valence-corrected chi connectivity index (χ1v) is 6.12. The number of imide groups is 1. The van der Waals surface area contributed by atoms with E-state index in [1.54, 1.807) is 19.2 Å². The summed E-state index contributed by atoms with van der Waals surface area (Å²) in [5.41, 5.74) is -1.17. The Labute approximate surface area is 113 Å². The van der Waals surface area contributed by atoms with Crippen LogP contribution < -0.4 is 10.6 Å². The minimum Gasteiger partial charge on any atom is -0.345 e. The van der Waals surface area contributed by atoms with Crippen LogP contribution in [0.2, 0.25) is 0 Å². The molecule has 0 atom stereocenters. The molecule has 0 aliphatic carbocycles. The Hall–Kier alpha value is -1.80. The van der Waals surface area contributed by atoms with E-state index in [9.17, 15) is 27.6 Å². The van der Waals surface area contributed by atoms with E-state index in [-0.39, 0.29) is 12.8 Å². The fraction of sp³-hybridized carbons (Fsp3) is 0.727. The third-order valence-electron chi connectivity index (χ3n) is 3.36. The lowest BCUT2D eigenvalue weighted by Gasteiger charge is -2.32. The Morgan fingerprint density at radius 2 is 1.85 bits per heavy atom. The van der Waals surface area contributed by atoms with Crippen molar-refractivity contribution in [3.05, 3.63) is 0 Å². The summed E-state index contributed by atoms with van der Waals surface area (Å²) in [5, 5.41) is 3.76. The van der Waals surface area contributed by atoms with Gasteiger partial charge in [0, 0.05) is 0 Å². The molecule has 0 aromatic heterocycles. The van der Waals surface area contributed by atoms with Gasteiger partial charge in [-0.2, -0.15) is 13.2 Å². The van der Waals surface area contributed by atoms with E-state index in [0.29, 0.717) is 0 Å². The molecule has 114 valence electrons. The lowest BCUT2D eigenvalue weighted by atomic mass is 9.91. The Bertz CT molecular complexity index is 419. The number of halogens is 3. The summed E-state index contributed by atoms with van der Waals surface area (Å²) in [6.07, 6.45) is -3.98. The number of urea groups is 1. The van der Waals surface area contributed by atoms with Gasteiger partial charge in [-0.3, -0.25) is 14.9 Å². The van der Waals surface area contributed by atoms with Crippen molar-refractivity contribution in [2.45, 2.75) is 38.4 Å². The van der Waals surface area contributed by atoms with Crippen molar-refractivity contribution in [3.63, 3.8) is 0 Å². The van der Waals surface area contributed by atoms with Crippen LogP contribution in [0, 0.1) is 0 Å². The number of hydrogen-bond donors (Lipinski definition) is 2. The Balaban J connectivity index is 2.76. The van der Waals surface area contributed by atoms with Gasteiger partial charge >= 0.3 is 12.2 Å². The predicted octanol–water partition coefficient (Wildman–Crippen LogP) is 0.776.